The van der Waals surface area contributed by atoms with E-state index in [1.54, 1.807) is 0 Å². The van der Waals surface area contributed by atoms with E-state index in [2.05, 4.69) is 13.1 Å². The Labute approximate surface area is 161 Å². The molecule has 0 aromatic rings. The number of phosphoric acid groups is 3. The first-order valence-corrected chi connectivity index (χ1v) is 12.3. The Morgan fingerprint density at radius 3 is 2.29 bits per heavy atom. The van der Waals surface area contributed by atoms with Gasteiger partial charge in [0, 0.05) is 26.1 Å². The number of phosphoric ester groups is 1. The zero-order valence-corrected chi connectivity index (χ0v) is 17.2. The van der Waals surface area contributed by atoms with E-state index < -0.39 is 60.7 Å². The van der Waals surface area contributed by atoms with E-state index in [4.69, 9.17) is 41.5 Å². The quantitative estimate of drug-likeness (QED) is 0.242. The molecule has 2 radical (unpaired) electrons. The van der Waals surface area contributed by atoms with Gasteiger partial charge in [-0.1, -0.05) is 0 Å². The fourth-order valence-electron chi connectivity index (χ4n) is 2.62. The molecule has 14 nitrogen and oxygen atoms in total. The van der Waals surface area contributed by atoms with Gasteiger partial charge >= 0.3 is 23.5 Å². The van der Waals surface area contributed by atoms with Gasteiger partial charge in [-0.25, -0.2) is 13.7 Å². The third-order valence-corrected chi connectivity index (χ3v) is 7.44. The van der Waals surface area contributed by atoms with Crippen LogP contribution in [0.1, 0.15) is 12.8 Å². The van der Waals surface area contributed by atoms with Crippen LogP contribution in [-0.4, -0.2) is 78.3 Å². The summed E-state index contributed by atoms with van der Waals surface area (Å²) < 4.78 is 67.2. The van der Waals surface area contributed by atoms with E-state index >= 15 is 0 Å². The highest BCUT2D eigenvalue weighted by atomic mass is 31.3. The van der Waals surface area contributed by atoms with E-state index in [1.807, 2.05) is 0 Å². The molecule has 28 heavy (non-hydrogen) atoms. The summed E-state index contributed by atoms with van der Waals surface area (Å²) in [6.45, 7) is -0.206. The monoisotopic (exact) mass is 468 g/mol. The Hall–Kier alpha value is 0.315. The van der Waals surface area contributed by atoms with Crippen LogP contribution in [0.25, 0.3) is 0 Å². The third kappa shape index (κ3) is 7.53. The molecule has 2 aliphatic rings. The average molecular weight is 468 g/mol. The van der Waals surface area contributed by atoms with E-state index in [0.717, 1.165) is 6.42 Å². The Morgan fingerprint density at radius 1 is 1.07 bits per heavy atom. The molecule has 18 heteroatoms. The summed E-state index contributed by atoms with van der Waals surface area (Å²) >= 11 is 0. The molecule has 0 bridgehead atoms. The predicted octanol–water partition coefficient (Wildman–Crippen LogP) is -0.240. The Balaban J connectivity index is 1.98. The molecular formula is C10H20BO14P3. The second-order valence-corrected chi connectivity index (χ2v) is 10.2. The lowest BCUT2D eigenvalue weighted by Gasteiger charge is -2.26. The highest BCUT2D eigenvalue weighted by molar-refractivity contribution is 7.66. The van der Waals surface area contributed by atoms with Crippen LogP contribution < -0.4 is 0 Å². The summed E-state index contributed by atoms with van der Waals surface area (Å²) in [4.78, 5) is 35.7. The first-order chi connectivity index (χ1) is 12.8. The van der Waals surface area contributed by atoms with Crippen LogP contribution in [0.5, 0.6) is 0 Å². The lowest BCUT2D eigenvalue weighted by atomic mass is 9.93. The van der Waals surface area contributed by atoms with Crippen molar-refractivity contribution >= 4 is 31.3 Å². The summed E-state index contributed by atoms with van der Waals surface area (Å²) in [5, 5.41) is 0. The van der Waals surface area contributed by atoms with E-state index in [9.17, 15) is 18.6 Å². The highest BCUT2D eigenvalue weighted by Crippen LogP contribution is 2.66. The minimum Gasteiger partial charge on any atom is -0.377 e. The second-order valence-electron chi connectivity index (χ2n) is 5.77. The summed E-state index contributed by atoms with van der Waals surface area (Å²) in [6, 6.07) is -0.967. The molecule has 7 atom stereocenters. The van der Waals surface area contributed by atoms with Crippen molar-refractivity contribution in [3.63, 3.8) is 0 Å². The van der Waals surface area contributed by atoms with Crippen LogP contribution in [0.15, 0.2) is 0 Å². The van der Waals surface area contributed by atoms with Crippen molar-refractivity contribution < 1.29 is 65.4 Å². The van der Waals surface area contributed by atoms with E-state index in [0.29, 0.717) is 13.0 Å². The van der Waals surface area contributed by atoms with Gasteiger partial charge in [0.05, 0.1) is 6.61 Å². The first-order valence-electron chi connectivity index (χ1n) is 7.81. The molecule has 0 aromatic carbocycles. The molecule has 162 valence electrons. The van der Waals surface area contributed by atoms with Gasteiger partial charge in [0.1, 0.15) is 26.2 Å². The third-order valence-electron chi connectivity index (χ3n) is 3.63. The van der Waals surface area contributed by atoms with Gasteiger partial charge in [-0.05, 0) is 6.42 Å². The van der Waals surface area contributed by atoms with Gasteiger partial charge in [-0.2, -0.15) is 8.62 Å². The van der Waals surface area contributed by atoms with Gasteiger partial charge < -0.3 is 38.5 Å². The fourth-order valence-corrected chi connectivity index (χ4v) is 5.65. The van der Waals surface area contributed by atoms with Gasteiger partial charge in [0.15, 0.2) is 6.29 Å². The highest BCUT2D eigenvalue weighted by Gasteiger charge is 2.47. The zero-order valence-electron chi connectivity index (χ0n) is 14.5. The summed E-state index contributed by atoms with van der Waals surface area (Å²) in [5.41, 5.74) is 0. The topological polar surface area (TPSA) is 197 Å². The molecule has 2 rings (SSSR count). The maximum Gasteiger partial charge on any atom is 0.490 e. The molecule has 2 aliphatic heterocycles. The Bertz CT molecular complexity index is 664. The van der Waals surface area contributed by atoms with Crippen LogP contribution in [0, 0.1) is 0 Å². The summed E-state index contributed by atoms with van der Waals surface area (Å²) in [6.07, 6.45) is -1.87. The minimum absolute atomic E-state index is 0.494. The minimum atomic E-state index is -5.61. The van der Waals surface area contributed by atoms with Crippen molar-refractivity contribution in [3.05, 3.63) is 0 Å². The van der Waals surface area contributed by atoms with Crippen molar-refractivity contribution in [3.8, 4) is 0 Å². The largest absolute Gasteiger partial charge is 0.490 e. The predicted molar refractivity (Wildman–Crippen MR) is 88.9 cm³/mol. The molecule has 0 saturated carbocycles. The van der Waals surface area contributed by atoms with Crippen LogP contribution in [0.4, 0.5) is 0 Å². The van der Waals surface area contributed by atoms with Crippen LogP contribution in [0.2, 0.25) is 0 Å². The number of ether oxygens (including phenoxy) is 4. The molecular weight excluding hydrogens is 448 g/mol. The summed E-state index contributed by atoms with van der Waals surface area (Å²) in [7, 11) is -9.25. The van der Waals surface area contributed by atoms with Crippen LogP contribution >= 0.6 is 23.5 Å². The zero-order chi connectivity index (χ0) is 21.2. The number of hydrogen-bond donors (Lipinski definition) is 4. The first kappa shape index (κ1) is 24.6. The lowest BCUT2D eigenvalue weighted by Crippen LogP contribution is -2.41. The van der Waals surface area contributed by atoms with Gasteiger partial charge in [0.2, 0.25) is 0 Å². The van der Waals surface area contributed by atoms with Gasteiger partial charge in [-0.3, -0.25) is 4.52 Å². The second kappa shape index (κ2) is 9.63. The Kier molecular flexibility index (Phi) is 8.46. The van der Waals surface area contributed by atoms with Crippen molar-refractivity contribution in [2.45, 2.75) is 43.4 Å². The normalized spacial score (nSPS) is 35.5. The van der Waals surface area contributed by atoms with Crippen molar-refractivity contribution in [2.75, 3.05) is 20.3 Å². The van der Waals surface area contributed by atoms with E-state index in [1.165, 1.54) is 7.11 Å². The number of hydrogen-bond acceptors (Lipinski definition) is 10. The van der Waals surface area contributed by atoms with Gasteiger partial charge in [0.25, 0.3) is 0 Å². The van der Waals surface area contributed by atoms with Crippen molar-refractivity contribution in [1.82, 2.24) is 0 Å². The molecule has 2 fully saturated rings. The van der Waals surface area contributed by atoms with Crippen LogP contribution in [0.3, 0.4) is 0 Å². The summed E-state index contributed by atoms with van der Waals surface area (Å²) in [5.74, 6) is 0. The molecule has 0 aliphatic carbocycles. The number of rotatable bonds is 10. The standard InChI is InChI=1S/C10H20BO14P3/c1-19-9-8(23-7-3-2-4-20-7)6(22-10(9)11)5-21-27(15,16)25-28(17,18)24-26(12,13)14/h6-10H,2-5H2,1H3,(H,15,16)(H,17,18)(H2,12,13,14). The van der Waals surface area contributed by atoms with Crippen molar-refractivity contribution in [1.29, 1.82) is 0 Å². The van der Waals surface area contributed by atoms with E-state index in [-0.39, 0.29) is 0 Å². The maximum absolute atomic E-state index is 11.8. The van der Waals surface area contributed by atoms with Crippen LogP contribution in [-0.2, 0) is 45.8 Å². The van der Waals surface area contributed by atoms with Crippen molar-refractivity contribution in [2.24, 2.45) is 0 Å². The lowest BCUT2D eigenvalue weighted by molar-refractivity contribution is -0.178. The molecule has 2 saturated heterocycles. The number of methoxy groups -OCH3 is 1. The molecule has 2 heterocycles. The smallest absolute Gasteiger partial charge is 0.377 e. The fraction of sp³-hybridized carbons (Fsp3) is 1.00. The maximum atomic E-state index is 11.8. The molecule has 0 spiro atoms. The average Bonchev–Trinajstić information content (AvgIpc) is 3.10. The molecule has 0 aromatic heterocycles. The van der Waals surface area contributed by atoms with Gasteiger partial charge in [-0.15, -0.1) is 0 Å². The molecule has 4 N–H and O–H groups in total. The SMILES string of the molecule is [B]C1OC(COP(=O)(O)OP(=O)(O)OP(=O)(O)O)C(OC2CCCO2)C1OC. The molecule has 0 amide bonds. The molecule has 7 unspecified atom stereocenters. The Morgan fingerprint density at radius 2 is 1.75 bits per heavy atom.